The molecule has 1 atom stereocenters. The molecular weight excluding hydrogens is 228 g/mol. The van der Waals surface area contributed by atoms with Gasteiger partial charge in [-0.1, -0.05) is 6.92 Å². The number of methoxy groups -OCH3 is 1. The van der Waals surface area contributed by atoms with E-state index >= 15 is 0 Å². The van der Waals surface area contributed by atoms with Gasteiger partial charge >= 0.3 is 0 Å². The highest BCUT2D eigenvalue weighted by atomic mass is 16.5. The maximum absolute atomic E-state index is 5.90. The summed E-state index contributed by atoms with van der Waals surface area (Å²) < 4.78 is 11.0. The Balaban J connectivity index is 2.45. The van der Waals surface area contributed by atoms with Crippen LogP contribution in [-0.4, -0.2) is 24.3 Å². The Hall–Kier alpha value is -1.13. The van der Waals surface area contributed by atoms with Gasteiger partial charge in [-0.2, -0.15) is 0 Å². The highest BCUT2D eigenvalue weighted by Crippen LogP contribution is 2.17. The molecule has 0 radical (unpaired) electrons. The van der Waals surface area contributed by atoms with Crippen molar-refractivity contribution in [2.24, 2.45) is 5.73 Å². The van der Waals surface area contributed by atoms with Crippen LogP contribution in [0.15, 0.2) is 18.3 Å². The van der Waals surface area contributed by atoms with E-state index in [-0.39, 0.29) is 11.6 Å². The van der Waals surface area contributed by atoms with E-state index in [4.69, 9.17) is 15.2 Å². The SMILES string of the molecule is CC[C@@H](N)c1ccc(OCCC(C)(C)OC)cn1. The van der Waals surface area contributed by atoms with Crippen molar-refractivity contribution in [3.05, 3.63) is 24.0 Å². The van der Waals surface area contributed by atoms with Gasteiger partial charge in [0.05, 0.1) is 24.1 Å². The number of nitrogens with two attached hydrogens (primary N) is 1. The molecule has 0 unspecified atom stereocenters. The Morgan fingerprint density at radius 1 is 1.39 bits per heavy atom. The van der Waals surface area contributed by atoms with E-state index in [0.717, 1.165) is 24.3 Å². The molecule has 1 aromatic rings. The Labute approximate surface area is 110 Å². The summed E-state index contributed by atoms with van der Waals surface area (Å²) in [6.07, 6.45) is 3.44. The fourth-order valence-corrected chi connectivity index (χ4v) is 1.42. The van der Waals surface area contributed by atoms with Crippen LogP contribution in [0.25, 0.3) is 0 Å². The Bertz CT molecular complexity index is 349. The van der Waals surface area contributed by atoms with Crippen LogP contribution in [0.4, 0.5) is 0 Å². The van der Waals surface area contributed by atoms with Gasteiger partial charge in [-0.05, 0) is 32.4 Å². The van der Waals surface area contributed by atoms with Crippen LogP contribution in [0.2, 0.25) is 0 Å². The maximum atomic E-state index is 5.90. The molecule has 0 aromatic carbocycles. The van der Waals surface area contributed by atoms with Gasteiger partial charge in [0.25, 0.3) is 0 Å². The molecule has 0 bridgehead atoms. The lowest BCUT2D eigenvalue weighted by Gasteiger charge is -2.22. The van der Waals surface area contributed by atoms with Crippen LogP contribution in [-0.2, 0) is 4.74 Å². The number of ether oxygens (including phenoxy) is 2. The first-order valence-corrected chi connectivity index (χ1v) is 6.38. The standard InChI is InChI=1S/C14H24N2O2/c1-5-12(15)13-7-6-11(10-16-13)18-9-8-14(2,3)17-4/h6-7,10,12H,5,8-9,15H2,1-4H3/t12-/m1/s1. The fraction of sp³-hybridized carbons (Fsp3) is 0.643. The minimum Gasteiger partial charge on any atom is -0.492 e. The zero-order chi connectivity index (χ0) is 13.6. The lowest BCUT2D eigenvalue weighted by molar-refractivity contribution is 0.00542. The Morgan fingerprint density at radius 2 is 2.11 bits per heavy atom. The maximum Gasteiger partial charge on any atom is 0.137 e. The van der Waals surface area contributed by atoms with Crippen molar-refractivity contribution in [3.63, 3.8) is 0 Å². The highest BCUT2D eigenvalue weighted by Gasteiger charge is 2.16. The summed E-state index contributed by atoms with van der Waals surface area (Å²) >= 11 is 0. The quantitative estimate of drug-likeness (QED) is 0.810. The monoisotopic (exact) mass is 252 g/mol. The summed E-state index contributed by atoms with van der Waals surface area (Å²) in [5.74, 6) is 0.772. The number of aromatic nitrogens is 1. The molecular formula is C14H24N2O2. The van der Waals surface area contributed by atoms with Gasteiger partial charge in [0.1, 0.15) is 5.75 Å². The van der Waals surface area contributed by atoms with Crippen molar-refractivity contribution in [1.82, 2.24) is 4.98 Å². The fourth-order valence-electron chi connectivity index (χ4n) is 1.42. The molecule has 1 heterocycles. The molecule has 102 valence electrons. The normalized spacial score (nSPS) is 13.4. The number of nitrogens with zero attached hydrogens (tertiary/aromatic N) is 1. The minimum atomic E-state index is -0.155. The van der Waals surface area contributed by atoms with Gasteiger partial charge in [0, 0.05) is 19.6 Å². The van der Waals surface area contributed by atoms with E-state index in [2.05, 4.69) is 4.98 Å². The molecule has 0 amide bonds. The van der Waals surface area contributed by atoms with E-state index in [1.54, 1.807) is 13.3 Å². The van der Waals surface area contributed by atoms with Crippen molar-refractivity contribution in [3.8, 4) is 5.75 Å². The van der Waals surface area contributed by atoms with Crippen LogP contribution in [0, 0.1) is 0 Å². The molecule has 0 saturated heterocycles. The van der Waals surface area contributed by atoms with E-state index in [1.807, 2.05) is 32.9 Å². The first-order chi connectivity index (χ1) is 8.48. The Kier molecular flexibility index (Phi) is 5.56. The molecule has 0 fully saturated rings. The lowest BCUT2D eigenvalue weighted by atomic mass is 10.1. The topological polar surface area (TPSA) is 57.4 Å². The van der Waals surface area contributed by atoms with Crippen molar-refractivity contribution < 1.29 is 9.47 Å². The van der Waals surface area contributed by atoms with Gasteiger partial charge in [-0.3, -0.25) is 4.98 Å². The van der Waals surface area contributed by atoms with Crippen molar-refractivity contribution >= 4 is 0 Å². The molecule has 0 saturated carbocycles. The molecule has 2 N–H and O–H groups in total. The predicted octanol–water partition coefficient (Wildman–Crippen LogP) is 2.69. The average Bonchev–Trinajstić information content (AvgIpc) is 2.38. The number of rotatable bonds is 7. The van der Waals surface area contributed by atoms with Crippen molar-refractivity contribution in [2.45, 2.75) is 45.3 Å². The summed E-state index contributed by atoms with van der Waals surface area (Å²) in [7, 11) is 1.71. The second-order valence-electron chi connectivity index (χ2n) is 5.00. The van der Waals surface area contributed by atoms with Crippen LogP contribution in [0.3, 0.4) is 0 Å². The second-order valence-corrected chi connectivity index (χ2v) is 5.00. The summed E-state index contributed by atoms with van der Waals surface area (Å²) in [6.45, 7) is 6.74. The summed E-state index contributed by atoms with van der Waals surface area (Å²) in [4.78, 5) is 4.30. The first-order valence-electron chi connectivity index (χ1n) is 6.38. The van der Waals surface area contributed by atoms with Crippen LogP contribution >= 0.6 is 0 Å². The molecule has 0 spiro atoms. The molecule has 18 heavy (non-hydrogen) atoms. The lowest BCUT2D eigenvalue weighted by Crippen LogP contribution is -2.25. The van der Waals surface area contributed by atoms with Crippen molar-refractivity contribution in [1.29, 1.82) is 0 Å². The van der Waals surface area contributed by atoms with Crippen LogP contribution < -0.4 is 10.5 Å². The third kappa shape index (κ3) is 4.63. The zero-order valence-electron chi connectivity index (χ0n) is 11.8. The van der Waals surface area contributed by atoms with Crippen LogP contribution in [0.1, 0.15) is 45.3 Å². The number of pyridine rings is 1. The van der Waals surface area contributed by atoms with Gasteiger partial charge in [0.15, 0.2) is 0 Å². The number of hydrogen-bond acceptors (Lipinski definition) is 4. The largest absolute Gasteiger partial charge is 0.492 e. The third-order valence-corrected chi connectivity index (χ3v) is 3.10. The van der Waals surface area contributed by atoms with E-state index in [1.165, 1.54) is 0 Å². The molecule has 1 rings (SSSR count). The summed E-state index contributed by atoms with van der Waals surface area (Å²) in [5.41, 5.74) is 6.65. The first kappa shape index (κ1) is 14.9. The second kappa shape index (κ2) is 6.71. The van der Waals surface area contributed by atoms with E-state index < -0.39 is 0 Å². The molecule has 4 heteroatoms. The smallest absolute Gasteiger partial charge is 0.137 e. The summed E-state index contributed by atoms with van der Waals surface area (Å²) in [5, 5.41) is 0. The van der Waals surface area contributed by atoms with E-state index in [0.29, 0.717) is 6.61 Å². The molecule has 0 aliphatic carbocycles. The predicted molar refractivity (Wildman–Crippen MR) is 72.7 cm³/mol. The number of hydrogen-bond donors (Lipinski definition) is 1. The van der Waals surface area contributed by atoms with Gasteiger partial charge in [0.2, 0.25) is 0 Å². The van der Waals surface area contributed by atoms with Gasteiger partial charge in [-0.25, -0.2) is 0 Å². The van der Waals surface area contributed by atoms with Gasteiger partial charge < -0.3 is 15.2 Å². The third-order valence-electron chi connectivity index (χ3n) is 3.10. The minimum absolute atomic E-state index is 0.00600. The van der Waals surface area contributed by atoms with Crippen LogP contribution in [0.5, 0.6) is 5.75 Å². The molecule has 0 aliphatic heterocycles. The van der Waals surface area contributed by atoms with E-state index in [9.17, 15) is 0 Å². The van der Waals surface area contributed by atoms with Gasteiger partial charge in [-0.15, -0.1) is 0 Å². The average molecular weight is 252 g/mol. The molecule has 0 aliphatic rings. The van der Waals surface area contributed by atoms with Crippen molar-refractivity contribution in [2.75, 3.05) is 13.7 Å². The molecule has 4 nitrogen and oxygen atoms in total. The molecule has 1 aromatic heterocycles. The highest BCUT2D eigenvalue weighted by molar-refractivity contribution is 5.21. The zero-order valence-corrected chi connectivity index (χ0v) is 11.8. The summed E-state index contributed by atoms with van der Waals surface area (Å²) in [6, 6.07) is 3.84. The Morgan fingerprint density at radius 3 is 2.61 bits per heavy atom.